The van der Waals surface area contributed by atoms with Crippen molar-refractivity contribution in [3.05, 3.63) is 87.9 Å². The number of nitro groups is 1. The minimum absolute atomic E-state index is 0.0123. The average Bonchev–Trinajstić information content (AvgIpc) is 3.30. The Bertz CT molecular complexity index is 1130. The quantitative estimate of drug-likeness (QED) is 0.225. The zero-order chi connectivity index (χ0) is 19.8. The molecular weight excluding hydrogens is 368 g/mol. The first kappa shape index (κ1) is 17.2. The van der Waals surface area contributed by atoms with E-state index in [0.717, 1.165) is 11.0 Å². The molecule has 0 spiro atoms. The number of carbonyl (C=O) groups excluding carboxylic acids is 3. The van der Waals surface area contributed by atoms with Crippen LogP contribution in [-0.2, 0) is 0 Å². The number of hydrogen-bond donors (Lipinski definition) is 0. The van der Waals surface area contributed by atoms with Gasteiger partial charge >= 0.3 is 5.97 Å². The van der Waals surface area contributed by atoms with Gasteiger partial charge in [0.1, 0.15) is 11.3 Å². The SMILES string of the molecule is O=C(Oc1cccc(N2C(=O)c3cccc([N+](=O)[O-])c3C2=O)c1)c1ccco1. The molecule has 0 bridgehead atoms. The zero-order valence-electron chi connectivity index (χ0n) is 14.0. The van der Waals surface area contributed by atoms with E-state index in [1.54, 1.807) is 0 Å². The van der Waals surface area contributed by atoms with E-state index in [0.29, 0.717) is 0 Å². The highest BCUT2D eigenvalue weighted by Crippen LogP contribution is 2.34. The molecule has 0 N–H and O–H groups in total. The summed E-state index contributed by atoms with van der Waals surface area (Å²) in [6, 6.07) is 12.5. The second kappa shape index (κ2) is 6.47. The maximum atomic E-state index is 12.7. The second-order valence-electron chi connectivity index (χ2n) is 5.77. The van der Waals surface area contributed by atoms with Crippen LogP contribution in [0.3, 0.4) is 0 Å². The summed E-state index contributed by atoms with van der Waals surface area (Å²) in [7, 11) is 0. The molecule has 9 nitrogen and oxygen atoms in total. The summed E-state index contributed by atoms with van der Waals surface area (Å²) in [4.78, 5) is 48.7. The van der Waals surface area contributed by atoms with Gasteiger partial charge in [0, 0.05) is 12.1 Å². The number of amides is 2. The van der Waals surface area contributed by atoms with Crippen molar-refractivity contribution >= 4 is 29.2 Å². The normalized spacial score (nSPS) is 12.8. The number of hydrogen-bond acceptors (Lipinski definition) is 7. The summed E-state index contributed by atoms with van der Waals surface area (Å²) in [5, 5.41) is 11.2. The van der Waals surface area contributed by atoms with Crippen molar-refractivity contribution in [3.8, 4) is 5.75 Å². The Labute approximate surface area is 156 Å². The van der Waals surface area contributed by atoms with Crippen LogP contribution in [-0.4, -0.2) is 22.7 Å². The number of furan rings is 1. The topological polar surface area (TPSA) is 120 Å². The molecule has 0 fully saturated rings. The molecule has 0 saturated carbocycles. The van der Waals surface area contributed by atoms with Crippen molar-refractivity contribution in [2.45, 2.75) is 0 Å². The molecule has 2 aromatic carbocycles. The van der Waals surface area contributed by atoms with Crippen molar-refractivity contribution in [1.29, 1.82) is 0 Å². The van der Waals surface area contributed by atoms with Crippen molar-refractivity contribution < 1.29 is 28.5 Å². The molecule has 28 heavy (non-hydrogen) atoms. The summed E-state index contributed by atoms with van der Waals surface area (Å²) in [6.45, 7) is 0. The van der Waals surface area contributed by atoms with E-state index in [2.05, 4.69) is 0 Å². The molecule has 0 atom stereocenters. The summed E-state index contributed by atoms with van der Waals surface area (Å²) in [5.74, 6) is -2.20. The van der Waals surface area contributed by atoms with Crippen LogP contribution in [0.4, 0.5) is 11.4 Å². The van der Waals surface area contributed by atoms with Crippen molar-refractivity contribution in [3.63, 3.8) is 0 Å². The second-order valence-corrected chi connectivity index (χ2v) is 5.77. The van der Waals surface area contributed by atoms with E-state index in [1.807, 2.05) is 0 Å². The molecule has 138 valence electrons. The third kappa shape index (κ3) is 2.71. The van der Waals surface area contributed by atoms with Gasteiger partial charge in [-0.1, -0.05) is 12.1 Å². The number of esters is 1. The minimum atomic E-state index is -0.818. The van der Waals surface area contributed by atoms with Crippen LogP contribution >= 0.6 is 0 Å². The first-order valence-corrected chi connectivity index (χ1v) is 7.99. The molecule has 2 amide bonds. The maximum Gasteiger partial charge on any atom is 0.379 e. The summed E-state index contributed by atoms with van der Waals surface area (Å²) in [5.41, 5.74) is -0.656. The molecule has 1 aliphatic heterocycles. The van der Waals surface area contributed by atoms with E-state index in [-0.39, 0.29) is 28.3 Å². The fraction of sp³-hybridized carbons (Fsp3) is 0. The smallest absolute Gasteiger partial charge is 0.379 e. The zero-order valence-corrected chi connectivity index (χ0v) is 14.0. The fourth-order valence-electron chi connectivity index (χ4n) is 2.89. The van der Waals surface area contributed by atoms with Crippen molar-refractivity contribution in [2.75, 3.05) is 4.90 Å². The van der Waals surface area contributed by atoms with Gasteiger partial charge < -0.3 is 9.15 Å². The molecule has 2 heterocycles. The van der Waals surface area contributed by atoms with Gasteiger partial charge in [-0.05, 0) is 30.3 Å². The predicted molar refractivity (Wildman–Crippen MR) is 94.3 cm³/mol. The molecular formula is C19H10N2O7. The highest BCUT2D eigenvalue weighted by Gasteiger charge is 2.41. The van der Waals surface area contributed by atoms with Crippen LogP contribution in [0.25, 0.3) is 0 Å². The molecule has 1 aromatic heterocycles. The Morgan fingerprint density at radius 3 is 2.54 bits per heavy atom. The lowest BCUT2D eigenvalue weighted by Gasteiger charge is -2.14. The van der Waals surface area contributed by atoms with Gasteiger partial charge in [-0.3, -0.25) is 19.7 Å². The van der Waals surface area contributed by atoms with Crippen LogP contribution in [0.1, 0.15) is 31.3 Å². The lowest BCUT2D eigenvalue weighted by Crippen LogP contribution is -2.29. The summed E-state index contributed by atoms with van der Waals surface area (Å²) in [6.07, 6.45) is 1.32. The Morgan fingerprint density at radius 1 is 1.04 bits per heavy atom. The van der Waals surface area contributed by atoms with E-state index in [4.69, 9.17) is 9.15 Å². The lowest BCUT2D eigenvalue weighted by atomic mass is 10.1. The van der Waals surface area contributed by atoms with E-state index in [1.165, 1.54) is 54.8 Å². The van der Waals surface area contributed by atoms with Crippen LogP contribution < -0.4 is 9.64 Å². The third-order valence-electron chi connectivity index (χ3n) is 4.10. The maximum absolute atomic E-state index is 12.7. The predicted octanol–water partition coefficient (Wildman–Crippen LogP) is 3.21. The highest BCUT2D eigenvalue weighted by atomic mass is 16.6. The number of fused-ring (bicyclic) bond motifs is 1. The summed E-state index contributed by atoms with van der Waals surface area (Å²) < 4.78 is 10.1. The molecule has 4 rings (SSSR count). The number of rotatable bonds is 4. The van der Waals surface area contributed by atoms with Gasteiger partial charge in [0.25, 0.3) is 17.5 Å². The minimum Gasteiger partial charge on any atom is -0.457 e. The molecule has 3 aromatic rings. The number of carbonyl (C=O) groups is 3. The molecule has 0 unspecified atom stereocenters. The van der Waals surface area contributed by atoms with Crippen LogP contribution in [0.15, 0.2) is 65.3 Å². The number of ether oxygens (including phenoxy) is 1. The monoisotopic (exact) mass is 378 g/mol. The van der Waals surface area contributed by atoms with Gasteiger partial charge in [-0.2, -0.15) is 0 Å². The van der Waals surface area contributed by atoms with Gasteiger partial charge in [-0.25, -0.2) is 9.69 Å². The van der Waals surface area contributed by atoms with Gasteiger partial charge in [0.2, 0.25) is 5.76 Å². The van der Waals surface area contributed by atoms with Crippen LogP contribution in [0.5, 0.6) is 5.75 Å². The average molecular weight is 378 g/mol. The summed E-state index contributed by atoms with van der Waals surface area (Å²) >= 11 is 0. The fourth-order valence-corrected chi connectivity index (χ4v) is 2.89. The Morgan fingerprint density at radius 2 is 1.82 bits per heavy atom. The molecule has 0 saturated heterocycles. The van der Waals surface area contributed by atoms with Gasteiger partial charge in [0.15, 0.2) is 0 Å². The van der Waals surface area contributed by atoms with E-state index in [9.17, 15) is 24.5 Å². The Balaban J connectivity index is 1.68. The van der Waals surface area contributed by atoms with E-state index < -0.39 is 28.4 Å². The van der Waals surface area contributed by atoms with Gasteiger partial charge in [-0.15, -0.1) is 0 Å². The molecule has 0 aliphatic carbocycles. The largest absolute Gasteiger partial charge is 0.457 e. The third-order valence-corrected chi connectivity index (χ3v) is 4.10. The van der Waals surface area contributed by atoms with Crippen LogP contribution in [0, 0.1) is 10.1 Å². The Kier molecular flexibility index (Phi) is 3.96. The number of benzene rings is 2. The first-order valence-electron chi connectivity index (χ1n) is 7.99. The van der Waals surface area contributed by atoms with Gasteiger partial charge in [0.05, 0.1) is 22.4 Å². The number of imide groups is 1. The van der Waals surface area contributed by atoms with Crippen molar-refractivity contribution in [1.82, 2.24) is 0 Å². The number of nitrogens with zero attached hydrogens (tertiary/aromatic N) is 2. The van der Waals surface area contributed by atoms with Crippen LogP contribution in [0.2, 0.25) is 0 Å². The number of anilines is 1. The number of nitro benzene ring substituents is 1. The van der Waals surface area contributed by atoms with E-state index >= 15 is 0 Å². The lowest BCUT2D eigenvalue weighted by molar-refractivity contribution is -0.385. The highest BCUT2D eigenvalue weighted by molar-refractivity contribution is 6.35. The Hall–Kier alpha value is -4.27. The first-order chi connectivity index (χ1) is 13.5. The molecule has 0 radical (unpaired) electrons. The molecule has 9 heteroatoms. The molecule has 1 aliphatic rings. The van der Waals surface area contributed by atoms with Crippen molar-refractivity contribution in [2.24, 2.45) is 0 Å². The standard InChI is InChI=1S/C19H10N2O7/c22-17-13-6-2-7-14(21(25)26)16(13)18(23)20(17)11-4-1-5-12(10-11)28-19(24)15-8-3-9-27-15/h1-10H.